The first-order valence-corrected chi connectivity index (χ1v) is 12.8. The molecule has 4 heteroatoms. The van der Waals surface area contributed by atoms with Crippen molar-refractivity contribution in [3.05, 3.63) is 58.2 Å². The van der Waals surface area contributed by atoms with Crippen LogP contribution in [-0.4, -0.2) is 18.7 Å². The van der Waals surface area contributed by atoms with E-state index < -0.39 is 12.1 Å². The first kappa shape index (κ1) is 31.6. The van der Waals surface area contributed by atoms with Gasteiger partial charge in [-0.3, -0.25) is 4.79 Å². The molecule has 0 aliphatic rings. The van der Waals surface area contributed by atoms with Gasteiger partial charge in [0.05, 0.1) is 6.61 Å². The van der Waals surface area contributed by atoms with Crippen LogP contribution < -0.4 is 0 Å². The molecule has 0 fully saturated rings. The van der Waals surface area contributed by atoms with Crippen molar-refractivity contribution in [2.75, 3.05) is 6.61 Å². The third-order valence-corrected chi connectivity index (χ3v) is 5.49. The normalized spacial score (nSPS) is 13.0. The van der Waals surface area contributed by atoms with Crippen LogP contribution >= 0.6 is 0 Å². The molecule has 0 bridgehead atoms. The largest absolute Gasteiger partial charge is 0.516 e. The molecule has 0 aliphatic carbocycles. The summed E-state index contributed by atoms with van der Waals surface area (Å²) in [6.45, 7) is 14.8. The third-order valence-electron chi connectivity index (χ3n) is 5.49. The van der Waals surface area contributed by atoms with E-state index in [0.29, 0.717) is 6.42 Å². The molecule has 0 amide bonds. The van der Waals surface area contributed by atoms with Gasteiger partial charge in [-0.1, -0.05) is 58.2 Å². The van der Waals surface area contributed by atoms with Crippen LogP contribution in [0.5, 0.6) is 0 Å². The van der Waals surface area contributed by atoms with Crippen molar-refractivity contribution in [1.29, 1.82) is 0 Å². The number of ether oxygens (including phenoxy) is 2. The van der Waals surface area contributed by atoms with Gasteiger partial charge in [-0.25, -0.2) is 4.79 Å². The first-order valence-electron chi connectivity index (χ1n) is 12.8. The maximum absolute atomic E-state index is 11.6. The summed E-state index contributed by atoms with van der Waals surface area (Å²) in [7, 11) is 0. The van der Waals surface area contributed by atoms with Crippen molar-refractivity contribution < 1.29 is 19.1 Å². The zero-order valence-corrected chi connectivity index (χ0v) is 22.8. The molecule has 0 aromatic rings. The number of hydrogen-bond acceptors (Lipinski definition) is 4. The summed E-state index contributed by atoms with van der Waals surface area (Å²) in [6.07, 6.45) is 20.1. The monoisotopic (exact) mass is 472 g/mol. The SMILES string of the molecule is CCOC(=O)OC(=O)CCC(C)=CCC/C(C)=C/CCC=C(C)CC/C=C(\C)CCC=C(C)C. The van der Waals surface area contributed by atoms with Gasteiger partial charge in [-0.05, 0) is 106 Å². The van der Waals surface area contributed by atoms with Crippen molar-refractivity contribution >= 4 is 12.1 Å². The van der Waals surface area contributed by atoms with E-state index in [4.69, 9.17) is 0 Å². The van der Waals surface area contributed by atoms with Gasteiger partial charge in [0, 0.05) is 6.42 Å². The number of carbonyl (C=O) groups excluding carboxylic acids is 2. The van der Waals surface area contributed by atoms with Crippen molar-refractivity contribution in [2.24, 2.45) is 0 Å². The van der Waals surface area contributed by atoms with Crippen LogP contribution in [0.1, 0.15) is 113 Å². The van der Waals surface area contributed by atoms with E-state index in [1.165, 1.54) is 22.3 Å². The van der Waals surface area contributed by atoms with Gasteiger partial charge in [0.2, 0.25) is 0 Å². The minimum Gasteiger partial charge on any atom is -0.434 e. The summed E-state index contributed by atoms with van der Waals surface area (Å²) < 4.78 is 9.16. The number of rotatable bonds is 16. The number of hydrogen-bond donors (Lipinski definition) is 0. The molecule has 4 nitrogen and oxygen atoms in total. The van der Waals surface area contributed by atoms with Gasteiger partial charge in [-0.15, -0.1) is 0 Å². The molecule has 0 heterocycles. The van der Waals surface area contributed by atoms with Gasteiger partial charge in [0.1, 0.15) is 0 Å². The zero-order valence-electron chi connectivity index (χ0n) is 22.8. The van der Waals surface area contributed by atoms with E-state index in [2.05, 4.69) is 74.5 Å². The van der Waals surface area contributed by atoms with E-state index in [1.54, 1.807) is 6.92 Å². The number of unbranched alkanes of at least 4 members (excludes halogenated alkanes) is 1. The standard InChI is InChI=1S/C30H48O4/c1-8-33-30(32)34-29(31)23-22-28(7)21-13-19-26(5)16-10-9-15-25(4)18-12-20-27(6)17-11-14-24(2)3/h14-16,20-21H,8-13,17-19,22-23H2,1-7H3/b25-15?,26-16+,27-20+,28-21?. The lowest BCUT2D eigenvalue weighted by Crippen LogP contribution is -2.13. The summed E-state index contributed by atoms with van der Waals surface area (Å²) in [4.78, 5) is 22.7. The summed E-state index contributed by atoms with van der Waals surface area (Å²) in [6, 6.07) is 0. The molecular weight excluding hydrogens is 424 g/mol. The Bertz CT molecular complexity index is 759. The average Bonchev–Trinajstić information content (AvgIpc) is 2.75. The second kappa shape index (κ2) is 20.1. The lowest BCUT2D eigenvalue weighted by molar-refractivity contribution is -0.139. The van der Waals surface area contributed by atoms with Crippen molar-refractivity contribution in [3.63, 3.8) is 0 Å². The highest BCUT2D eigenvalue weighted by molar-refractivity contribution is 5.81. The van der Waals surface area contributed by atoms with E-state index >= 15 is 0 Å². The van der Waals surface area contributed by atoms with Gasteiger partial charge in [0.15, 0.2) is 0 Å². The molecule has 0 radical (unpaired) electrons. The highest BCUT2D eigenvalue weighted by atomic mass is 16.7. The minimum atomic E-state index is -0.919. The number of carbonyl (C=O) groups is 2. The summed E-state index contributed by atoms with van der Waals surface area (Å²) in [5.74, 6) is -0.545. The second-order valence-electron chi connectivity index (χ2n) is 9.33. The summed E-state index contributed by atoms with van der Waals surface area (Å²) >= 11 is 0. The highest BCUT2D eigenvalue weighted by Gasteiger charge is 2.10. The molecule has 0 aliphatic heterocycles. The maximum atomic E-state index is 11.6. The molecule has 0 saturated carbocycles. The minimum absolute atomic E-state index is 0.187. The Balaban J connectivity index is 4.10. The van der Waals surface area contributed by atoms with Gasteiger partial charge in [-0.2, -0.15) is 0 Å². The third kappa shape index (κ3) is 20.3. The fourth-order valence-electron chi connectivity index (χ4n) is 3.34. The molecule has 0 atom stereocenters. The quantitative estimate of drug-likeness (QED) is 0.0971. The second-order valence-corrected chi connectivity index (χ2v) is 9.33. The first-order chi connectivity index (χ1) is 16.1. The van der Waals surface area contributed by atoms with Crippen molar-refractivity contribution in [3.8, 4) is 0 Å². The Labute approximate surface area is 208 Å². The fraction of sp³-hybridized carbons (Fsp3) is 0.600. The Hall–Kier alpha value is -2.36. The average molecular weight is 473 g/mol. The number of allylic oxidation sites excluding steroid dienone is 10. The summed E-state index contributed by atoms with van der Waals surface area (Å²) in [5, 5.41) is 0. The molecule has 0 saturated heterocycles. The van der Waals surface area contributed by atoms with Gasteiger partial charge >= 0.3 is 12.1 Å². The van der Waals surface area contributed by atoms with Crippen LogP contribution in [0.15, 0.2) is 58.2 Å². The lowest BCUT2D eigenvalue weighted by Gasteiger charge is -2.04. The van der Waals surface area contributed by atoms with Gasteiger partial charge in [0.25, 0.3) is 0 Å². The molecular formula is C30H48O4. The van der Waals surface area contributed by atoms with Crippen LogP contribution in [0, 0.1) is 0 Å². The van der Waals surface area contributed by atoms with E-state index in [-0.39, 0.29) is 13.0 Å². The predicted octanol–water partition coefficient (Wildman–Crippen LogP) is 9.34. The fourth-order valence-corrected chi connectivity index (χ4v) is 3.34. The van der Waals surface area contributed by atoms with Crippen molar-refractivity contribution in [2.45, 2.75) is 113 Å². The smallest absolute Gasteiger partial charge is 0.434 e. The molecule has 0 unspecified atom stereocenters. The topological polar surface area (TPSA) is 52.6 Å². The number of esters is 1. The van der Waals surface area contributed by atoms with Crippen LogP contribution in [0.2, 0.25) is 0 Å². The molecule has 0 rings (SSSR count). The zero-order chi connectivity index (χ0) is 25.8. The van der Waals surface area contributed by atoms with Crippen LogP contribution in [0.4, 0.5) is 4.79 Å². The lowest BCUT2D eigenvalue weighted by atomic mass is 10.0. The van der Waals surface area contributed by atoms with Crippen molar-refractivity contribution in [1.82, 2.24) is 0 Å². The van der Waals surface area contributed by atoms with Crippen LogP contribution in [0.3, 0.4) is 0 Å². The molecule has 0 N–H and O–H groups in total. The highest BCUT2D eigenvalue weighted by Crippen LogP contribution is 2.14. The Morgan fingerprint density at radius 2 is 0.971 bits per heavy atom. The summed E-state index contributed by atoms with van der Waals surface area (Å²) in [5.41, 5.74) is 6.89. The van der Waals surface area contributed by atoms with Gasteiger partial charge < -0.3 is 9.47 Å². The molecule has 0 aromatic heterocycles. The Kier molecular flexibility index (Phi) is 18.7. The Morgan fingerprint density at radius 3 is 1.41 bits per heavy atom. The molecule has 0 aromatic carbocycles. The van der Waals surface area contributed by atoms with Crippen LogP contribution in [0.25, 0.3) is 0 Å². The van der Waals surface area contributed by atoms with E-state index in [9.17, 15) is 9.59 Å². The Morgan fingerprint density at radius 1 is 0.559 bits per heavy atom. The molecule has 192 valence electrons. The molecule has 0 spiro atoms. The predicted molar refractivity (Wildman–Crippen MR) is 144 cm³/mol. The maximum Gasteiger partial charge on any atom is 0.516 e. The van der Waals surface area contributed by atoms with E-state index in [1.807, 2.05) is 6.92 Å². The molecule has 34 heavy (non-hydrogen) atoms. The van der Waals surface area contributed by atoms with E-state index in [0.717, 1.165) is 56.9 Å². The van der Waals surface area contributed by atoms with Crippen LogP contribution in [-0.2, 0) is 14.3 Å².